The molecule has 2 N–H and O–H groups in total. The third-order valence-corrected chi connectivity index (χ3v) is 1.57. The van der Waals surface area contributed by atoms with Crippen LogP contribution in [0.15, 0.2) is 24.3 Å². The van der Waals surface area contributed by atoms with Crippen molar-refractivity contribution in [3.05, 3.63) is 35.4 Å². The number of benzene rings is 1. The van der Waals surface area contributed by atoms with Gasteiger partial charge in [-0.15, -0.1) is 0 Å². The molecule has 0 atom stereocenters. The molecule has 5 nitrogen and oxygen atoms in total. The predicted molar refractivity (Wildman–Crippen MR) is 45.4 cm³/mol. The second-order valence-corrected chi connectivity index (χ2v) is 2.52. The van der Waals surface area contributed by atoms with E-state index in [1.54, 1.807) is 0 Å². The maximum atomic E-state index is 10.9. The van der Waals surface area contributed by atoms with Crippen molar-refractivity contribution >= 4 is 17.7 Å². The monoisotopic (exact) mass is 194 g/mol. The average molecular weight is 194 g/mol. The van der Waals surface area contributed by atoms with E-state index >= 15 is 0 Å². The Balaban J connectivity index is 3.12. The van der Waals surface area contributed by atoms with Crippen molar-refractivity contribution in [2.24, 2.45) is 0 Å². The molecule has 1 aromatic rings. The van der Waals surface area contributed by atoms with Gasteiger partial charge in [0.15, 0.2) is 0 Å². The number of rotatable bonds is 3. The first-order chi connectivity index (χ1) is 6.52. The third-order valence-electron chi connectivity index (χ3n) is 1.57. The lowest BCUT2D eigenvalue weighted by molar-refractivity contribution is -0.131. The molecule has 1 rings (SSSR count). The van der Waals surface area contributed by atoms with Crippen LogP contribution in [0.3, 0.4) is 0 Å². The van der Waals surface area contributed by atoms with Gasteiger partial charge in [-0.3, -0.25) is 4.79 Å². The predicted octanol–water partition coefficient (Wildman–Crippen LogP) is 0.652. The molecule has 0 radical (unpaired) electrons. The summed E-state index contributed by atoms with van der Waals surface area (Å²) in [5, 5.41) is 16.9. The number of aromatic carboxylic acids is 1. The smallest absolute Gasteiger partial charge is 0.377 e. The van der Waals surface area contributed by atoms with Gasteiger partial charge in [0.2, 0.25) is 0 Å². The second-order valence-electron chi connectivity index (χ2n) is 2.52. The summed E-state index contributed by atoms with van der Waals surface area (Å²) < 4.78 is 0. The number of hydrogen-bond acceptors (Lipinski definition) is 3. The number of hydrogen-bond donors (Lipinski definition) is 2. The normalized spacial score (nSPS) is 9.43. The lowest BCUT2D eigenvalue weighted by Crippen LogP contribution is -2.13. The third kappa shape index (κ3) is 1.95. The van der Waals surface area contributed by atoms with Crippen LogP contribution >= 0.6 is 0 Å². The zero-order valence-corrected chi connectivity index (χ0v) is 6.93. The van der Waals surface area contributed by atoms with Crippen LogP contribution in [0.25, 0.3) is 0 Å². The fourth-order valence-corrected chi connectivity index (χ4v) is 0.917. The summed E-state index contributed by atoms with van der Waals surface area (Å²) in [5.41, 5.74) is -0.255. The van der Waals surface area contributed by atoms with Crippen LogP contribution in [-0.2, 0) is 4.79 Å². The molecule has 0 aliphatic heterocycles. The van der Waals surface area contributed by atoms with Crippen molar-refractivity contribution in [3.63, 3.8) is 0 Å². The van der Waals surface area contributed by atoms with E-state index in [9.17, 15) is 14.4 Å². The van der Waals surface area contributed by atoms with Crippen LogP contribution in [0.5, 0.6) is 0 Å². The van der Waals surface area contributed by atoms with Crippen LogP contribution in [0.1, 0.15) is 20.7 Å². The minimum absolute atomic E-state index is 0.114. The molecule has 0 unspecified atom stereocenters. The molecule has 0 spiro atoms. The highest BCUT2D eigenvalue weighted by Gasteiger charge is 2.15. The molecule has 0 aliphatic carbocycles. The largest absolute Gasteiger partial charge is 0.478 e. The Hall–Kier alpha value is -2.17. The van der Waals surface area contributed by atoms with Crippen LogP contribution in [-0.4, -0.2) is 27.9 Å². The van der Waals surface area contributed by atoms with Crippen LogP contribution in [0.2, 0.25) is 0 Å². The molecule has 14 heavy (non-hydrogen) atoms. The number of carbonyl (C=O) groups is 3. The lowest BCUT2D eigenvalue weighted by atomic mass is 10.1. The van der Waals surface area contributed by atoms with Crippen molar-refractivity contribution < 1.29 is 24.6 Å². The van der Waals surface area contributed by atoms with Gasteiger partial charge in [0.1, 0.15) is 0 Å². The SMILES string of the molecule is O=C(O)C(=O)c1cccc(C(=O)O)c1. The van der Waals surface area contributed by atoms with E-state index in [1.165, 1.54) is 18.2 Å². The fraction of sp³-hybridized carbons (Fsp3) is 0. The first kappa shape index (κ1) is 9.91. The van der Waals surface area contributed by atoms with Crippen LogP contribution < -0.4 is 0 Å². The van der Waals surface area contributed by atoms with Gasteiger partial charge in [-0.1, -0.05) is 12.1 Å². The van der Waals surface area contributed by atoms with E-state index in [2.05, 4.69) is 0 Å². The minimum atomic E-state index is -1.60. The molecule has 0 bridgehead atoms. The molecular weight excluding hydrogens is 188 g/mol. The van der Waals surface area contributed by atoms with Crippen molar-refractivity contribution in [2.45, 2.75) is 0 Å². The van der Waals surface area contributed by atoms with E-state index < -0.39 is 17.7 Å². The Morgan fingerprint density at radius 2 is 1.57 bits per heavy atom. The molecule has 0 fully saturated rings. The van der Waals surface area contributed by atoms with Gasteiger partial charge in [-0.05, 0) is 12.1 Å². The molecule has 0 aliphatic rings. The molecule has 5 heteroatoms. The molecule has 0 saturated carbocycles. The highest BCUT2D eigenvalue weighted by atomic mass is 16.4. The van der Waals surface area contributed by atoms with Gasteiger partial charge in [0.05, 0.1) is 5.56 Å². The summed E-state index contributed by atoms with van der Waals surface area (Å²) in [4.78, 5) is 31.7. The molecule has 0 aromatic heterocycles. The zero-order valence-electron chi connectivity index (χ0n) is 6.93. The second kappa shape index (κ2) is 3.69. The van der Waals surface area contributed by atoms with Gasteiger partial charge in [0, 0.05) is 5.56 Å². The van der Waals surface area contributed by atoms with E-state index in [1.807, 2.05) is 0 Å². The van der Waals surface area contributed by atoms with Crippen molar-refractivity contribution in [3.8, 4) is 0 Å². The Labute approximate surface area is 78.6 Å². The number of carboxylic acids is 2. The standard InChI is InChI=1S/C9H6O5/c10-7(9(13)14)5-2-1-3-6(4-5)8(11)12/h1-4H,(H,11,12)(H,13,14). The number of aliphatic carboxylic acids is 1. The summed E-state index contributed by atoms with van der Waals surface area (Å²) in [5.74, 6) is -3.93. The minimum Gasteiger partial charge on any atom is -0.478 e. The van der Waals surface area contributed by atoms with Crippen LogP contribution in [0, 0.1) is 0 Å². The molecule has 0 amide bonds. The highest BCUT2D eigenvalue weighted by molar-refractivity contribution is 6.39. The number of Topliss-reactive ketones (excluding diaryl/α,β-unsaturated/α-hetero) is 1. The fourth-order valence-electron chi connectivity index (χ4n) is 0.917. The van der Waals surface area contributed by atoms with Gasteiger partial charge in [0.25, 0.3) is 5.78 Å². The Kier molecular flexibility index (Phi) is 2.62. The van der Waals surface area contributed by atoms with Gasteiger partial charge in [-0.25, -0.2) is 9.59 Å². The summed E-state index contributed by atoms with van der Waals surface area (Å²) in [6.45, 7) is 0. The molecule has 72 valence electrons. The van der Waals surface area contributed by atoms with E-state index in [4.69, 9.17) is 10.2 Å². The van der Waals surface area contributed by atoms with E-state index in [0.29, 0.717) is 0 Å². The number of ketones is 1. The molecular formula is C9H6O5. The number of carbonyl (C=O) groups excluding carboxylic acids is 1. The van der Waals surface area contributed by atoms with Gasteiger partial charge >= 0.3 is 11.9 Å². The average Bonchev–Trinajstić information content (AvgIpc) is 2.16. The van der Waals surface area contributed by atoms with Crippen molar-refractivity contribution in [1.82, 2.24) is 0 Å². The molecule has 0 saturated heterocycles. The Bertz CT molecular complexity index is 407. The Morgan fingerprint density at radius 3 is 2.07 bits per heavy atom. The van der Waals surface area contributed by atoms with Gasteiger partial charge < -0.3 is 10.2 Å². The lowest BCUT2D eigenvalue weighted by Gasteiger charge is -1.97. The van der Waals surface area contributed by atoms with E-state index in [0.717, 1.165) is 6.07 Å². The topological polar surface area (TPSA) is 91.7 Å². The molecule has 1 aromatic carbocycles. The first-order valence-corrected chi connectivity index (χ1v) is 3.63. The van der Waals surface area contributed by atoms with Crippen molar-refractivity contribution in [1.29, 1.82) is 0 Å². The quantitative estimate of drug-likeness (QED) is 0.544. The maximum Gasteiger partial charge on any atom is 0.377 e. The summed E-state index contributed by atoms with van der Waals surface area (Å²) >= 11 is 0. The molecule has 0 heterocycles. The number of carboxylic acid groups (broad SMARTS) is 2. The zero-order chi connectivity index (χ0) is 10.7. The summed E-state index contributed by atoms with van der Waals surface area (Å²) in [6, 6.07) is 4.88. The van der Waals surface area contributed by atoms with Crippen LogP contribution in [0.4, 0.5) is 0 Å². The summed E-state index contributed by atoms with van der Waals surface area (Å²) in [7, 11) is 0. The van der Waals surface area contributed by atoms with Gasteiger partial charge in [-0.2, -0.15) is 0 Å². The van der Waals surface area contributed by atoms with Crippen molar-refractivity contribution in [2.75, 3.05) is 0 Å². The first-order valence-electron chi connectivity index (χ1n) is 3.63. The highest BCUT2D eigenvalue weighted by Crippen LogP contribution is 2.06. The van der Waals surface area contributed by atoms with E-state index in [-0.39, 0.29) is 11.1 Å². The Morgan fingerprint density at radius 1 is 1.00 bits per heavy atom. The summed E-state index contributed by atoms with van der Waals surface area (Å²) in [6.07, 6.45) is 0. The maximum absolute atomic E-state index is 10.9.